The maximum atomic E-state index is 10.6. The van der Waals surface area contributed by atoms with E-state index in [1.165, 1.54) is 5.56 Å². The van der Waals surface area contributed by atoms with Gasteiger partial charge in [0.1, 0.15) is 0 Å². The summed E-state index contributed by atoms with van der Waals surface area (Å²) in [5.41, 5.74) is 1.18. The van der Waals surface area contributed by atoms with Crippen LogP contribution >= 0.6 is 0 Å². The van der Waals surface area contributed by atoms with Crippen LogP contribution in [0.5, 0.6) is 0 Å². The van der Waals surface area contributed by atoms with E-state index >= 15 is 0 Å². The molecule has 15 heavy (non-hydrogen) atoms. The molecule has 0 aliphatic heterocycles. The Balaban J connectivity index is 1.71. The Hall–Kier alpha value is -1.42. The molecule has 2 rings (SSSR count). The molecule has 2 N–H and O–H groups in total. The van der Waals surface area contributed by atoms with Crippen molar-refractivity contribution < 1.29 is 9.90 Å². The molecule has 80 valence electrons. The second-order valence-corrected chi connectivity index (χ2v) is 3.94. The quantitative estimate of drug-likeness (QED) is 0.772. The number of carboxylic acid groups (broad SMARTS) is 1. The SMILES string of the molecule is O=C(O)C1CC(NCc2ccncc2)C1. The average molecular weight is 206 g/mol. The number of aromatic nitrogens is 1. The van der Waals surface area contributed by atoms with Gasteiger partial charge in [0.15, 0.2) is 0 Å². The fourth-order valence-corrected chi connectivity index (χ4v) is 1.75. The molecule has 1 aromatic rings. The molecule has 0 spiro atoms. The molecule has 4 heteroatoms. The second-order valence-electron chi connectivity index (χ2n) is 3.94. The standard InChI is InChI=1S/C11H14N2O2/c14-11(15)9-5-10(6-9)13-7-8-1-3-12-4-2-8/h1-4,9-10,13H,5-7H2,(H,14,15). The van der Waals surface area contributed by atoms with E-state index in [1.54, 1.807) is 12.4 Å². The molecular weight excluding hydrogens is 192 g/mol. The van der Waals surface area contributed by atoms with E-state index in [2.05, 4.69) is 10.3 Å². The van der Waals surface area contributed by atoms with Crippen molar-refractivity contribution in [2.75, 3.05) is 0 Å². The normalized spacial score (nSPS) is 24.5. The first-order valence-electron chi connectivity index (χ1n) is 5.11. The topological polar surface area (TPSA) is 62.2 Å². The number of carboxylic acids is 1. The van der Waals surface area contributed by atoms with Crippen LogP contribution in [-0.2, 0) is 11.3 Å². The summed E-state index contributed by atoms with van der Waals surface area (Å²) < 4.78 is 0. The van der Waals surface area contributed by atoms with Gasteiger partial charge in [0.2, 0.25) is 0 Å². The molecule has 1 fully saturated rings. The number of nitrogens with one attached hydrogen (secondary N) is 1. The highest BCUT2D eigenvalue weighted by atomic mass is 16.4. The maximum absolute atomic E-state index is 10.6. The highest BCUT2D eigenvalue weighted by Crippen LogP contribution is 2.27. The minimum atomic E-state index is -0.669. The van der Waals surface area contributed by atoms with Crippen molar-refractivity contribution in [3.05, 3.63) is 30.1 Å². The second kappa shape index (κ2) is 4.40. The third-order valence-corrected chi connectivity index (χ3v) is 2.83. The van der Waals surface area contributed by atoms with Crippen LogP contribution in [0.1, 0.15) is 18.4 Å². The molecule has 0 saturated heterocycles. The summed E-state index contributed by atoms with van der Waals surface area (Å²) >= 11 is 0. The first-order valence-corrected chi connectivity index (χ1v) is 5.11. The Morgan fingerprint density at radius 2 is 2.13 bits per heavy atom. The Morgan fingerprint density at radius 1 is 1.47 bits per heavy atom. The third kappa shape index (κ3) is 2.53. The molecule has 4 nitrogen and oxygen atoms in total. The average Bonchev–Trinajstić information content (AvgIpc) is 2.16. The van der Waals surface area contributed by atoms with Crippen molar-refractivity contribution in [3.63, 3.8) is 0 Å². The van der Waals surface area contributed by atoms with Crippen molar-refractivity contribution >= 4 is 5.97 Å². The van der Waals surface area contributed by atoms with Crippen LogP contribution in [0.15, 0.2) is 24.5 Å². The van der Waals surface area contributed by atoms with E-state index < -0.39 is 5.97 Å². The monoisotopic (exact) mass is 206 g/mol. The number of carbonyl (C=O) groups is 1. The zero-order valence-electron chi connectivity index (χ0n) is 8.39. The molecule has 1 heterocycles. The fourth-order valence-electron chi connectivity index (χ4n) is 1.75. The summed E-state index contributed by atoms with van der Waals surface area (Å²) in [5.74, 6) is -0.808. The van der Waals surface area contributed by atoms with Crippen LogP contribution < -0.4 is 5.32 Å². The zero-order chi connectivity index (χ0) is 10.7. The molecule has 0 amide bonds. The molecule has 1 aliphatic carbocycles. The molecule has 0 aromatic carbocycles. The number of hydrogen-bond acceptors (Lipinski definition) is 3. The lowest BCUT2D eigenvalue weighted by atomic mass is 9.80. The van der Waals surface area contributed by atoms with Crippen molar-refractivity contribution in [2.45, 2.75) is 25.4 Å². The molecule has 1 aliphatic rings. The van der Waals surface area contributed by atoms with Gasteiger partial charge in [-0.1, -0.05) is 0 Å². The predicted octanol–water partition coefficient (Wildman–Crippen LogP) is 1.03. The number of hydrogen-bond donors (Lipinski definition) is 2. The molecule has 0 atom stereocenters. The van der Waals surface area contributed by atoms with E-state index in [-0.39, 0.29) is 5.92 Å². The van der Waals surface area contributed by atoms with Gasteiger partial charge in [-0.15, -0.1) is 0 Å². The Morgan fingerprint density at radius 3 is 2.73 bits per heavy atom. The zero-order valence-corrected chi connectivity index (χ0v) is 8.39. The van der Waals surface area contributed by atoms with E-state index in [1.807, 2.05) is 12.1 Å². The van der Waals surface area contributed by atoms with Gasteiger partial charge in [0.25, 0.3) is 0 Å². The van der Waals surface area contributed by atoms with E-state index in [0.717, 1.165) is 19.4 Å². The highest BCUT2D eigenvalue weighted by Gasteiger charge is 2.33. The fraction of sp³-hybridized carbons (Fsp3) is 0.455. The van der Waals surface area contributed by atoms with Gasteiger partial charge < -0.3 is 10.4 Å². The Kier molecular flexibility index (Phi) is 2.97. The summed E-state index contributed by atoms with van der Waals surface area (Å²) in [6, 6.07) is 4.28. The van der Waals surface area contributed by atoms with E-state index in [9.17, 15) is 4.79 Å². The molecule has 0 bridgehead atoms. The number of pyridine rings is 1. The molecule has 1 saturated carbocycles. The van der Waals surface area contributed by atoms with Gasteiger partial charge in [-0.2, -0.15) is 0 Å². The van der Waals surface area contributed by atoms with Gasteiger partial charge in [-0.3, -0.25) is 9.78 Å². The summed E-state index contributed by atoms with van der Waals surface area (Å²) in [7, 11) is 0. The van der Waals surface area contributed by atoms with Crippen molar-refractivity contribution in [3.8, 4) is 0 Å². The Labute approximate surface area is 88.3 Å². The summed E-state index contributed by atoms with van der Waals surface area (Å²) in [6.45, 7) is 0.791. The van der Waals surface area contributed by atoms with Gasteiger partial charge in [-0.25, -0.2) is 0 Å². The van der Waals surface area contributed by atoms with Crippen molar-refractivity contribution in [1.82, 2.24) is 10.3 Å². The molecule has 0 unspecified atom stereocenters. The van der Waals surface area contributed by atoms with Gasteiger partial charge in [0.05, 0.1) is 5.92 Å². The minimum absolute atomic E-state index is 0.139. The van der Waals surface area contributed by atoms with Crippen molar-refractivity contribution in [1.29, 1.82) is 0 Å². The lowest BCUT2D eigenvalue weighted by molar-refractivity contribution is -0.145. The lowest BCUT2D eigenvalue weighted by Crippen LogP contribution is -2.43. The predicted molar refractivity (Wildman–Crippen MR) is 55.2 cm³/mol. The summed E-state index contributed by atoms with van der Waals surface area (Å²) in [4.78, 5) is 14.5. The van der Waals surface area contributed by atoms with E-state index in [4.69, 9.17) is 5.11 Å². The van der Waals surface area contributed by atoms with Crippen LogP contribution in [-0.4, -0.2) is 22.1 Å². The number of rotatable bonds is 4. The van der Waals surface area contributed by atoms with Gasteiger partial charge in [-0.05, 0) is 30.5 Å². The summed E-state index contributed by atoms with van der Waals surface area (Å²) in [6.07, 6.45) is 5.02. The highest BCUT2D eigenvalue weighted by molar-refractivity contribution is 5.71. The summed E-state index contributed by atoms with van der Waals surface area (Å²) in [5, 5.41) is 12.0. The third-order valence-electron chi connectivity index (χ3n) is 2.83. The first-order chi connectivity index (χ1) is 7.25. The van der Waals surface area contributed by atoms with E-state index in [0.29, 0.717) is 6.04 Å². The largest absolute Gasteiger partial charge is 0.481 e. The van der Waals surface area contributed by atoms with Gasteiger partial charge >= 0.3 is 5.97 Å². The van der Waals surface area contributed by atoms with Crippen LogP contribution in [0.25, 0.3) is 0 Å². The number of aliphatic carboxylic acids is 1. The van der Waals surface area contributed by atoms with Crippen LogP contribution in [0.2, 0.25) is 0 Å². The minimum Gasteiger partial charge on any atom is -0.481 e. The maximum Gasteiger partial charge on any atom is 0.306 e. The number of nitrogens with zero attached hydrogens (tertiary/aromatic N) is 1. The smallest absolute Gasteiger partial charge is 0.306 e. The first kappa shape index (κ1) is 10.1. The Bertz CT molecular complexity index is 334. The molecular formula is C11H14N2O2. The van der Waals surface area contributed by atoms with Crippen molar-refractivity contribution in [2.24, 2.45) is 5.92 Å². The lowest BCUT2D eigenvalue weighted by Gasteiger charge is -2.33. The van der Waals surface area contributed by atoms with Crippen LogP contribution in [0.4, 0.5) is 0 Å². The molecule has 0 radical (unpaired) electrons. The molecule has 1 aromatic heterocycles. The van der Waals surface area contributed by atoms with Crippen LogP contribution in [0.3, 0.4) is 0 Å². The van der Waals surface area contributed by atoms with Crippen LogP contribution in [0, 0.1) is 5.92 Å². The van der Waals surface area contributed by atoms with Gasteiger partial charge in [0, 0.05) is 25.0 Å².